The summed E-state index contributed by atoms with van der Waals surface area (Å²) in [4.78, 5) is 33.8. The molecular weight excluding hydrogens is 256 g/mol. The van der Waals surface area contributed by atoms with Gasteiger partial charge in [-0.3, -0.25) is 13.9 Å². The van der Waals surface area contributed by atoms with Gasteiger partial charge in [0.25, 0.3) is 0 Å². The number of ether oxygens (including phenoxy) is 3. The number of methoxy groups -OCH3 is 3. The number of hydrogen-bond acceptors (Lipinski definition) is 7. The third-order valence-corrected chi connectivity index (χ3v) is 2.32. The first kappa shape index (κ1) is 15.7. The van der Waals surface area contributed by atoms with E-state index in [9.17, 15) is 14.4 Å². The van der Waals surface area contributed by atoms with E-state index in [-0.39, 0.29) is 0 Å². The molecule has 0 N–H and O–H groups in total. The highest BCUT2D eigenvalue weighted by molar-refractivity contribution is 6.09. The van der Waals surface area contributed by atoms with E-state index in [1.54, 1.807) is 0 Å². The number of halogens is 1. The molecular formula is C9H13ClO7. The van der Waals surface area contributed by atoms with Crippen molar-refractivity contribution in [2.24, 2.45) is 0 Å². The van der Waals surface area contributed by atoms with Crippen LogP contribution in [0, 0.1) is 0 Å². The van der Waals surface area contributed by atoms with Gasteiger partial charge >= 0.3 is 17.9 Å². The molecule has 0 saturated heterocycles. The fraction of sp³-hybridized carbons (Fsp3) is 0.667. The molecule has 0 amide bonds. The van der Waals surface area contributed by atoms with Gasteiger partial charge in [-0.2, -0.15) is 0 Å². The van der Waals surface area contributed by atoms with Crippen molar-refractivity contribution < 1.29 is 32.9 Å². The van der Waals surface area contributed by atoms with Gasteiger partial charge in [-0.15, -0.1) is 0 Å². The van der Waals surface area contributed by atoms with E-state index in [2.05, 4.69) is 18.5 Å². The average molecular weight is 269 g/mol. The number of hydrogen-bond donors (Lipinski definition) is 0. The summed E-state index contributed by atoms with van der Waals surface area (Å²) in [6.07, 6.45) is -1.12. The summed E-state index contributed by atoms with van der Waals surface area (Å²) in [7, 11) is 3.31. The van der Waals surface area contributed by atoms with E-state index in [0.29, 0.717) is 0 Å². The minimum atomic E-state index is -1.95. The maximum Gasteiger partial charge on any atom is 0.341 e. The highest BCUT2D eigenvalue weighted by atomic mass is 35.5. The zero-order chi connectivity index (χ0) is 13.5. The van der Waals surface area contributed by atoms with Crippen molar-refractivity contribution in [1.82, 2.24) is 0 Å². The summed E-state index contributed by atoms with van der Waals surface area (Å²) in [5, 5.41) is 0. The first-order valence-electron chi connectivity index (χ1n) is 4.47. The summed E-state index contributed by atoms with van der Waals surface area (Å²) in [5.74, 6) is -2.52. The molecule has 0 radical (unpaired) electrons. The Balaban J connectivity index is 5.06. The van der Waals surface area contributed by atoms with Gasteiger partial charge < -0.3 is 14.2 Å². The Labute approximate surface area is 103 Å². The van der Waals surface area contributed by atoms with Gasteiger partial charge in [0.15, 0.2) is 0 Å². The lowest BCUT2D eigenvalue weighted by atomic mass is 9.96. The SMILES string of the molecule is COC(=O)CC(CC(=O)OC)(OCl)C(=O)OC. The lowest BCUT2D eigenvalue weighted by molar-refractivity contribution is -0.170. The third-order valence-electron chi connectivity index (χ3n) is 2.02. The van der Waals surface area contributed by atoms with Crippen LogP contribution in [0.1, 0.15) is 12.8 Å². The molecule has 0 saturated carbocycles. The molecule has 8 heteroatoms. The van der Waals surface area contributed by atoms with Crippen molar-refractivity contribution in [3.05, 3.63) is 0 Å². The topological polar surface area (TPSA) is 88.1 Å². The quantitative estimate of drug-likeness (QED) is 0.502. The molecule has 17 heavy (non-hydrogen) atoms. The maximum absolute atomic E-state index is 11.5. The van der Waals surface area contributed by atoms with Crippen LogP contribution in [0.15, 0.2) is 0 Å². The fourth-order valence-electron chi connectivity index (χ4n) is 1.09. The van der Waals surface area contributed by atoms with Gasteiger partial charge in [0.1, 0.15) is 0 Å². The standard InChI is InChI=1S/C9H13ClO7/c1-14-6(11)4-9(17-10,8(13)16-3)5-7(12)15-2/h4-5H2,1-3H3. The predicted molar refractivity (Wildman–Crippen MR) is 55.0 cm³/mol. The molecule has 0 bridgehead atoms. The number of carbonyl (C=O) groups is 3. The molecule has 7 nitrogen and oxygen atoms in total. The summed E-state index contributed by atoms with van der Waals surface area (Å²) in [6, 6.07) is 0. The fourth-order valence-corrected chi connectivity index (χ4v) is 1.26. The highest BCUT2D eigenvalue weighted by Gasteiger charge is 2.46. The Kier molecular flexibility index (Phi) is 6.52. The molecule has 0 aliphatic rings. The largest absolute Gasteiger partial charge is 0.469 e. The summed E-state index contributed by atoms with van der Waals surface area (Å²) < 4.78 is 17.6. The Morgan fingerprint density at radius 1 is 0.941 bits per heavy atom. The monoisotopic (exact) mass is 268 g/mol. The Hall–Kier alpha value is -1.34. The molecule has 0 aromatic carbocycles. The van der Waals surface area contributed by atoms with Crippen molar-refractivity contribution in [3.63, 3.8) is 0 Å². The van der Waals surface area contributed by atoms with Crippen LogP contribution in [0.5, 0.6) is 0 Å². The van der Waals surface area contributed by atoms with Gasteiger partial charge in [-0.25, -0.2) is 4.79 Å². The third kappa shape index (κ3) is 4.20. The van der Waals surface area contributed by atoms with Crippen LogP contribution in [-0.2, 0) is 32.9 Å². The van der Waals surface area contributed by atoms with Crippen LogP contribution in [0.2, 0.25) is 0 Å². The second-order valence-electron chi connectivity index (χ2n) is 3.07. The highest BCUT2D eigenvalue weighted by Crippen LogP contribution is 2.25. The molecule has 0 spiro atoms. The number of carbonyl (C=O) groups excluding carboxylic acids is 3. The van der Waals surface area contributed by atoms with Gasteiger partial charge in [0.2, 0.25) is 5.60 Å². The normalized spacial score (nSPS) is 10.6. The smallest absolute Gasteiger partial charge is 0.341 e. The number of esters is 3. The molecule has 0 aliphatic carbocycles. The molecule has 0 rings (SSSR count). The molecule has 0 heterocycles. The second kappa shape index (κ2) is 7.08. The van der Waals surface area contributed by atoms with Crippen molar-refractivity contribution in [2.45, 2.75) is 18.4 Å². The van der Waals surface area contributed by atoms with E-state index in [4.69, 9.17) is 11.9 Å². The van der Waals surface area contributed by atoms with Crippen LogP contribution in [0.4, 0.5) is 0 Å². The van der Waals surface area contributed by atoms with Crippen LogP contribution >= 0.6 is 11.9 Å². The maximum atomic E-state index is 11.5. The zero-order valence-electron chi connectivity index (χ0n) is 9.65. The van der Waals surface area contributed by atoms with Gasteiger partial charge in [-0.05, 0) is 0 Å². The number of rotatable bonds is 6. The Morgan fingerprint density at radius 3 is 1.59 bits per heavy atom. The molecule has 0 aromatic rings. The first-order chi connectivity index (χ1) is 7.95. The molecule has 0 atom stereocenters. The van der Waals surface area contributed by atoms with Crippen LogP contribution < -0.4 is 0 Å². The minimum absolute atomic E-state index is 0.561. The molecule has 0 aliphatic heterocycles. The molecule has 0 aromatic heterocycles. The first-order valence-corrected chi connectivity index (χ1v) is 4.78. The van der Waals surface area contributed by atoms with E-state index < -0.39 is 36.4 Å². The minimum Gasteiger partial charge on any atom is -0.469 e. The van der Waals surface area contributed by atoms with E-state index >= 15 is 0 Å². The van der Waals surface area contributed by atoms with Gasteiger partial charge in [0, 0.05) is 0 Å². The average Bonchev–Trinajstić information content (AvgIpc) is 2.36. The van der Waals surface area contributed by atoms with E-state index in [0.717, 1.165) is 21.3 Å². The molecule has 0 fully saturated rings. The van der Waals surface area contributed by atoms with Crippen LogP contribution in [0.3, 0.4) is 0 Å². The second-order valence-corrected chi connectivity index (χ2v) is 3.22. The van der Waals surface area contributed by atoms with Crippen LogP contribution in [0.25, 0.3) is 0 Å². The lowest BCUT2D eigenvalue weighted by Crippen LogP contribution is -2.44. The van der Waals surface area contributed by atoms with Gasteiger partial charge in [-0.1, -0.05) is 0 Å². The van der Waals surface area contributed by atoms with Crippen molar-refractivity contribution in [1.29, 1.82) is 0 Å². The summed E-state index contributed by atoms with van der Waals surface area (Å²) in [5.41, 5.74) is -1.95. The molecule has 0 unspecified atom stereocenters. The van der Waals surface area contributed by atoms with E-state index in [1.165, 1.54) is 0 Å². The Bertz CT molecular complexity index is 284. The van der Waals surface area contributed by atoms with E-state index in [1.807, 2.05) is 0 Å². The van der Waals surface area contributed by atoms with Crippen LogP contribution in [-0.4, -0.2) is 44.8 Å². The zero-order valence-corrected chi connectivity index (χ0v) is 10.4. The van der Waals surface area contributed by atoms with Crippen molar-refractivity contribution in [3.8, 4) is 0 Å². The van der Waals surface area contributed by atoms with Crippen molar-refractivity contribution >= 4 is 29.8 Å². The van der Waals surface area contributed by atoms with Gasteiger partial charge in [0.05, 0.1) is 46.0 Å². The van der Waals surface area contributed by atoms with Crippen molar-refractivity contribution in [2.75, 3.05) is 21.3 Å². The predicted octanol–water partition coefficient (Wildman–Crippen LogP) is 0.195. The summed E-state index contributed by atoms with van der Waals surface area (Å²) >= 11 is 5.18. The Morgan fingerprint density at radius 2 is 1.35 bits per heavy atom. The lowest BCUT2D eigenvalue weighted by Gasteiger charge is -2.24. The molecule has 98 valence electrons. The summed E-state index contributed by atoms with van der Waals surface area (Å²) in [6.45, 7) is 0.